The largest absolute Gasteiger partial charge is 0.508 e. The lowest BCUT2D eigenvalue weighted by atomic mass is 10.2. The van der Waals surface area contributed by atoms with E-state index >= 15 is 0 Å². The second kappa shape index (κ2) is 4.06. The van der Waals surface area contributed by atoms with E-state index in [4.69, 9.17) is 5.11 Å². The zero-order chi connectivity index (χ0) is 11.5. The van der Waals surface area contributed by atoms with Crippen molar-refractivity contribution >= 4 is 11.6 Å². The normalized spacial score (nSPS) is 10.1. The number of carbonyl (C=O) groups is 1. The molecule has 2 aromatic rings. The third kappa shape index (κ3) is 1.88. The van der Waals surface area contributed by atoms with E-state index in [2.05, 4.69) is 9.68 Å². The fourth-order valence-corrected chi connectivity index (χ4v) is 1.29. The predicted molar refractivity (Wildman–Crippen MR) is 57.3 cm³/mol. The number of anilines is 1. The fourth-order valence-electron chi connectivity index (χ4n) is 1.29. The summed E-state index contributed by atoms with van der Waals surface area (Å²) in [5.74, 6) is -0.106. The van der Waals surface area contributed by atoms with Gasteiger partial charge in [0.2, 0.25) is 0 Å². The van der Waals surface area contributed by atoms with Gasteiger partial charge in [0.05, 0.1) is 0 Å². The van der Waals surface area contributed by atoms with Gasteiger partial charge in [0.15, 0.2) is 5.69 Å². The number of aromatic hydroxyl groups is 1. The number of phenolic OH excluding ortho intramolecular Hbond substituents is 1. The van der Waals surface area contributed by atoms with Gasteiger partial charge in [-0.2, -0.15) is 0 Å². The van der Waals surface area contributed by atoms with Gasteiger partial charge in [0, 0.05) is 18.8 Å². The number of aromatic nitrogens is 1. The summed E-state index contributed by atoms with van der Waals surface area (Å²) in [6.07, 6.45) is 1.35. The van der Waals surface area contributed by atoms with Crippen molar-refractivity contribution in [2.24, 2.45) is 0 Å². The van der Waals surface area contributed by atoms with Crippen LogP contribution in [0.15, 0.2) is 41.1 Å². The molecule has 0 spiro atoms. The minimum atomic E-state index is -0.264. The van der Waals surface area contributed by atoms with Crippen molar-refractivity contribution in [3.63, 3.8) is 0 Å². The molecule has 0 saturated carbocycles. The van der Waals surface area contributed by atoms with Crippen LogP contribution in [0.1, 0.15) is 10.5 Å². The molecule has 16 heavy (non-hydrogen) atoms. The Morgan fingerprint density at radius 1 is 1.31 bits per heavy atom. The van der Waals surface area contributed by atoms with E-state index in [0.717, 1.165) is 0 Å². The molecule has 1 aromatic carbocycles. The molecule has 1 N–H and O–H groups in total. The first kappa shape index (κ1) is 10.2. The van der Waals surface area contributed by atoms with Crippen LogP contribution in [0, 0.1) is 0 Å². The van der Waals surface area contributed by atoms with Gasteiger partial charge in [-0.15, -0.1) is 0 Å². The van der Waals surface area contributed by atoms with E-state index in [1.807, 2.05) is 0 Å². The quantitative estimate of drug-likeness (QED) is 0.832. The molecule has 2 rings (SSSR count). The fraction of sp³-hybridized carbons (Fsp3) is 0.0909. The molecule has 0 radical (unpaired) electrons. The Labute approximate surface area is 91.9 Å². The van der Waals surface area contributed by atoms with Crippen molar-refractivity contribution in [1.82, 2.24) is 5.16 Å². The first-order valence-electron chi connectivity index (χ1n) is 4.66. The summed E-state index contributed by atoms with van der Waals surface area (Å²) < 4.78 is 4.60. The maximum atomic E-state index is 11.8. The van der Waals surface area contributed by atoms with Gasteiger partial charge >= 0.3 is 0 Å². The Morgan fingerprint density at radius 3 is 2.56 bits per heavy atom. The maximum Gasteiger partial charge on any atom is 0.280 e. The van der Waals surface area contributed by atoms with Crippen molar-refractivity contribution in [3.8, 4) is 5.75 Å². The molecular formula is C11H10N2O3. The van der Waals surface area contributed by atoms with Crippen LogP contribution in [0.4, 0.5) is 5.69 Å². The number of carbonyl (C=O) groups excluding carboxylic acids is 1. The Morgan fingerprint density at radius 2 is 2.00 bits per heavy atom. The van der Waals surface area contributed by atoms with Crippen LogP contribution in [-0.4, -0.2) is 23.2 Å². The molecule has 0 atom stereocenters. The molecular weight excluding hydrogens is 208 g/mol. The van der Waals surface area contributed by atoms with Crippen LogP contribution < -0.4 is 4.90 Å². The van der Waals surface area contributed by atoms with Gasteiger partial charge in [0.1, 0.15) is 12.0 Å². The van der Waals surface area contributed by atoms with Gasteiger partial charge < -0.3 is 14.5 Å². The van der Waals surface area contributed by atoms with Gasteiger partial charge in [-0.05, 0) is 24.3 Å². The summed E-state index contributed by atoms with van der Waals surface area (Å²) in [6.45, 7) is 0. The van der Waals surface area contributed by atoms with Crippen LogP contribution in [0.25, 0.3) is 0 Å². The highest BCUT2D eigenvalue weighted by Crippen LogP contribution is 2.18. The molecule has 0 aliphatic heterocycles. The molecule has 0 fully saturated rings. The summed E-state index contributed by atoms with van der Waals surface area (Å²) in [4.78, 5) is 13.3. The second-order valence-corrected chi connectivity index (χ2v) is 3.27. The SMILES string of the molecule is CN(C(=O)c1ccon1)c1ccc(O)cc1. The number of amides is 1. The zero-order valence-electron chi connectivity index (χ0n) is 8.62. The molecule has 1 aromatic heterocycles. The summed E-state index contributed by atoms with van der Waals surface area (Å²) in [6, 6.07) is 7.82. The molecule has 0 aliphatic carbocycles. The molecule has 0 aliphatic rings. The number of rotatable bonds is 2. The molecule has 1 amide bonds. The van der Waals surface area contributed by atoms with Crippen LogP contribution in [0.3, 0.4) is 0 Å². The number of benzene rings is 1. The summed E-state index contributed by atoms with van der Waals surface area (Å²) in [7, 11) is 1.63. The average molecular weight is 218 g/mol. The van der Waals surface area contributed by atoms with E-state index in [9.17, 15) is 4.79 Å². The molecule has 5 heteroatoms. The zero-order valence-corrected chi connectivity index (χ0v) is 8.62. The van der Waals surface area contributed by atoms with Crippen molar-refractivity contribution in [2.75, 3.05) is 11.9 Å². The third-order valence-electron chi connectivity index (χ3n) is 2.20. The van der Waals surface area contributed by atoms with Crippen molar-refractivity contribution in [2.45, 2.75) is 0 Å². The second-order valence-electron chi connectivity index (χ2n) is 3.27. The lowest BCUT2D eigenvalue weighted by Crippen LogP contribution is -2.26. The molecule has 5 nitrogen and oxygen atoms in total. The smallest absolute Gasteiger partial charge is 0.280 e. The van der Waals surface area contributed by atoms with E-state index in [1.165, 1.54) is 29.4 Å². The van der Waals surface area contributed by atoms with Gasteiger partial charge in [-0.3, -0.25) is 4.79 Å². The minimum Gasteiger partial charge on any atom is -0.508 e. The monoisotopic (exact) mass is 218 g/mol. The van der Waals surface area contributed by atoms with E-state index in [1.54, 1.807) is 19.2 Å². The van der Waals surface area contributed by atoms with Gasteiger partial charge in [-0.1, -0.05) is 5.16 Å². The number of phenols is 1. The van der Waals surface area contributed by atoms with Gasteiger partial charge in [-0.25, -0.2) is 0 Å². The number of nitrogens with zero attached hydrogens (tertiary/aromatic N) is 2. The van der Waals surface area contributed by atoms with Crippen molar-refractivity contribution in [1.29, 1.82) is 0 Å². The van der Waals surface area contributed by atoms with Crippen molar-refractivity contribution in [3.05, 3.63) is 42.3 Å². The highest BCUT2D eigenvalue weighted by molar-refractivity contribution is 6.04. The summed E-state index contributed by atoms with van der Waals surface area (Å²) in [5, 5.41) is 12.7. The Balaban J connectivity index is 2.22. The first-order valence-corrected chi connectivity index (χ1v) is 4.66. The standard InChI is InChI=1S/C11H10N2O3/c1-13(8-2-4-9(14)5-3-8)11(15)10-6-7-16-12-10/h2-7,14H,1H3. The van der Waals surface area contributed by atoms with E-state index in [0.29, 0.717) is 5.69 Å². The molecule has 82 valence electrons. The lowest BCUT2D eigenvalue weighted by Gasteiger charge is -2.15. The van der Waals surface area contributed by atoms with Crippen LogP contribution in [0.5, 0.6) is 5.75 Å². The Kier molecular flexibility index (Phi) is 2.59. The van der Waals surface area contributed by atoms with Crippen LogP contribution in [0.2, 0.25) is 0 Å². The summed E-state index contributed by atoms with van der Waals surface area (Å²) in [5.41, 5.74) is 0.918. The maximum absolute atomic E-state index is 11.8. The minimum absolute atomic E-state index is 0.158. The molecule has 1 heterocycles. The predicted octanol–water partition coefficient (Wildman–Crippen LogP) is 1.66. The Bertz CT molecular complexity index is 476. The van der Waals surface area contributed by atoms with E-state index in [-0.39, 0.29) is 17.4 Å². The highest BCUT2D eigenvalue weighted by Gasteiger charge is 2.15. The highest BCUT2D eigenvalue weighted by atomic mass is 16.5. The van der Waals surface area contributed by atoms with Gasteiger partial charge in [0.25, 0.3) is 5.91 Å². The van der Waals surface area contributed by atoms with Crippen LogP contribution in [-0.2, 0) is 0 Å². The topological polar surface area (TPSA) is 66.6 Å². The molecule has 0 bridgehead atoms. The summed E-state index contributed by atoms with van der Waals surface area (Å²) >= 11 is 0. The first-order chi connectivity index (χ1) is 7.68. The molecule has 0 saturated heterocycles. The lowest BCUT2D eigenvalue weighted by molar-refractivity contribution is 0.0984. The number of hydrogen-bond acceptors (Lipinski definition) is 4. The Hall–Kier alpha value is -2.30. The van der Waals surface area contributed by atoms with Crippen LogP contribution >= 0.6 is 0 Å². The average Bonchev–Trinajstić information content (AvgIpc) is 2.81. The number of hydrogen-bond donors (Lipinski definition) is 1. The third-order valence-corrected chi connectivity index (χ3v) is 2.20. The molecule has 0 unspecified atom stereocenters. The van der Waals surface area contributed by atoms with E-state index < -0.39 is 0 Å². The van der Waals surface area contributed by atoms with Crippen molar-refractivity contribution < 1.29 is 14.4 Å².